The Kier molecular flexibility index (Phi) is 4.36. The van der Waals surface area contributed by atoms with Crippen LogP contribution in [0.5, 0.6) is 0 Å². The molecule has 1 aliphatic rings. The van der Waals surface area contributed by atoms with E-state index in [2.05, 4.69) is 20.4 Å². The van der Waals surface area contributed by atoms with Crippen LogP contribution in [0, 0.1) is 0 Å². The van der Waals surface area contributed by atoms with Gasteiger partial charge in [-0.3, -0.25) is 4.79 Å². The maximum atomic E-state index is 11.9. The van der Waals surface area contributed by atoms with E-state index in [1.807, 2.05) is 24.3 Å². The van der Waals surface area contributed by atoms with Gasteiger partial charge in [0.1, 0.15) is 0 Å². The molecule has 0 atom stereocenters. The van der Waals surface area contributed by atoms with Crippen molar-refractivity contribution in [2.75, 3.05) is 23.3 Å². The number of aromatic nitrogens is 2. The van der Waals surface area contributed by atoms with Crippen molar-refractivity contribution in [1.29, 1.82) is 0 Å². The first kappa shape index (κ1) is 14.3. The Balaban J connectivity index is 1.65. The van der Waals surface area contributed by atoms with Crippen molar-refractivity contribution in [3.05, 3.63) is 33.7 Å². The van der Waals surface area contributed by atoms with Crippen LogP contribution in [0.15, 0.2) is 24.3 Å². The lowest BCUT2D eigenvalue weighted by atomic mass is 10.1. The first-order valence-corrected chi connectivity index (χ1v) is 8.07. The van der Waals surface area contributed by atoms with Gasteiger partial charge < -0.3 is 10.2 Å². The van der Waals surface area contributed by atoms with Crippen LogP contribution in [0.3, 0.4) is 0 Å². The third-order valence-corrected chi connectivity index (χ3v) is 4.46. The van der Waals surface area contributed by atoms with Crippen molar-refractivity contribution in [1.82, 2.24) is 10.2 Å². The molecular formula is C14H15ClN4OS. The number of nitrogens with zero attached hydrogens (tertiary/aromatic N) is 3. The maximum absolute atomic E-state index is 11.9. The lowest BCUT2D eigenvalue weighted by Gasteiger charge is -2.28. The first-order chi connectivity index (χ1) is 10.2. The molecule has 0 aliphatic carbocycles. The molecule has 5 nitrogen and oxygen atoms in total. The van der Waals surface area contributed by atoms with Crippen molar-refractivity contribution in [2.45, 2.75) is 19.3 Å². The Hall–Kier alpha value is -1.66. The Morgan fingerprint density at radius 2 is 1.86 bits per heavy atom. The van der Waals surface area contributed by atoms with E-state index in [1.54, 1.807) is 0 Å². The van der Waals surface area contributed by atoms with Gasteiger partial charge in [0.15, 0.2) is 0 Å². The summed E-state index contributed by atoms with van der Waals surface area (Å²) in [5, 5.41) is 10.4. The van der Waals surface area contributed by atoms with E-state index in [1.165, 1.54) is 24.9 Å². The number of carbonyl (C=O) groups excluding carboxylic acids is 1. The molecule has 1 aliphatic heterocycles. The molecule has 21 heavy (non-hydrogen) atoms. The maximum Gasteiger partial charge on any atom is 0.286 e. The van der Waals surface area contributed by atoms with E-state index in [4.69, 9.17) is 11.6 Å². The topological polar surface area (TPSA) is 58.1 Å². The summed E-state index contributed by atoms with van der Waals surface area (Å²) in [7, 11) is 0. The molecule has 7 heteroatoms. The van der Waals surface area contributed by atoms with Crippen LogP contribution >= 0.6 is 22.9 Å². The van der Waals surface area contributed by atoms with Crippen LogP contribution in [-0.4, -0.2) is 29.2 Å². The second-order valence-corrected chi connectivity index (χ2v) is 6.47. The number of hydrogen-bond donors (Lipinski definition) is 1. The summed E-state index contributed by atoms with van der Waals surface area (Å²) in [5.41, 5.74) is 1.94. The number of hydrogen-bond acceptors (Lipinski definition) is 5. The molecule has 0 bridgehead atoms. The third kappa shape index (κ3) is 3.51. The largest absolute Gasteiger partial charge is 0.372 e. The number of anilines is 2. The molecule has 1 aromatic carbocycles. The van der Waals surface area contributed by atoms with Crippen LogP contribution in [0.1, 0.15) is 29.1 Å². The highest BCUT2D eigenvalue weighted by molar-refractivity contribution is 7.17. The number of halogens is 1. The van der Waals surface area contributed by atoms with Crippen LogP contribution < -0.4 is 10.2 Å². The average Bonchev–Trinajstić information content (AvgIpc) is 2.96. The fraction of sp³-hybridized carbons (Fsp3) is 0.357. The lowest BCUT2D eigenvalue weighted by molar-refractivity contribution is 0.102. The fourth-order valence-electron chi connectivity index (χ4n) is 2.39. The van der Waals surface area contributed by atoms with Crippen molar-refractivity contribution in [3.8, 4) is 0 Å². The quantitative estimate of drug-likeness (QED) is 0.940. The number of benzene rings is 1. The fourth-order valence-corrected chi connectivity index (χ4v) is 3.11. The number of piperidine rings is 1. The molecule has 110 valence electrons. The molecule has 1 aromatic heterocycles. The minimum Gasteiger partial charge on any atom is -0.372 e. The van der Waals surface area contributed by atoms with Crippen molar-refractivity contribution >= 4 is 40.2 Å². The normalized spacial score (nSPS) is 15.0. The highest BCUT2D eigenvalue weighted by atomic mass is 35.5. The van der Waals surface area contributed by atoms with Crippen molar-refractivity contribution in [2.24, 2.45) is 0 Å². The molecular weight excluding hydrogens is 308 g/mol. The Morgan fingerprint density at radius 3 is 2.48 bits per heavy atom. The van der Waals surface area contributed by atoms with Gasteiger partial charge in [-0.1, -0.05) is 11.3 Å². The molecule has 2 heterocycles. The third-order valence-electron chi connectivity index (χ3n) is 3.44. The van der Waals surface area contributed by atoms with Gasteiger partial charge in [0, 0.05) is 24.5 Å². The SMILES string of the molecule is O=C(Nc1ccc(N2CCCCC2)cc1)c1nnc(Cl)s1. The molecule has 0 radical (unpaired) electrons. The van der Waals surface area contributed by atoms with E-state index in [9.17, 15) is 4.79 Å². The molecule has 1 amide bonds. The summed E-state index contributed by atoms with van der Waals surface area (Å²) < 4.78 is 0.264. The molecule has 1 saturated heterocycles. The molecule has 2 aromatic rings. The first-order valence-electron chi connectivity index (χ1n) is 6.88. The summed E-state index contributed by atoms with van der Waals surface area (Å²) in [6.07, 6.45) is 3.81. The molecule has 1 fully saturated rings. The predicted octanol–water partition coefficient (Wildman–Crippen LogP) is 3.43. The number of rotatable bonds is 3. The van der Waals surface area contributed by atoms with E-state index < -0.39 is 0 Å². The molecule has 3 rings (SSSR count). The second kappa shape index (κ2) is 6.41. The van der Waals surface area contributed by atoms with Gasteiger partial charge in [0.25, 0.3) is 5.91 Å². The van der Waals surface area contributed by atoms with Gasteiger partial charge in [-0.15, -0.1) is 10.2 Å². The Labute approximate surface area is 131 Å². The summed E-state index contributed by atoms with van der Waals surface area (Å²) >= 11 is 6.74. The van der Waals surface area contributed by atoms with Crippen LogP contribution in [0.4, 0.5) is 11.4 Å². The smallest absolute Gasteiger partial charge is 0.286 e. The summed E-state index contributed by atoms with van der Waals surface area (Å²) in [6.45, 7) is 2.21. The van der Waals surface area contributed by atoms with Gasteiger partial charge in [-0.05, 0) is 55.1 Å². The van der Waals surface area contributed by atoms with E-state index >= 15 is 0 Å². The van der Waals surface area contributed by atoms with Crippen molar-refractivity contribution < 1.29 is 4.79 Å². The predicted molar refractivity (Wildman–Crippen MR) is 85.4 cm³/mol. The Morgan fingerprint density at radius 1 is 1.14 bits per heavy atom. The van der Waals surface area contributed by atoms with Gasteiger partial charge in [0.2, 0.25) is 9.47 Å². The summed E-state index contributed by atoms with van der Waals surface area (Å²) in [6, 6.07) is 7.89. The van der Waals surface area contributed by atoms with E-state index in [0.29, 0.717) is 0 Å². The molecule has 0 saturated carbocycles. The van der Waals surface area contributed by atoms with Crippen LogP contribution in [0.2, 0.25) is 4.47 Å². The highest BCUT2D eigenvalue weighted by Crippen LogP contribution is 2.22. The van der Waals surface area contributed by atoms with E-state index in [0.717, 1.165) is 30.1 Å². The number of amides is 1. The van der Waals surface area contributed by atoms with Crippen LogP contribution in [0.25, 0.3) is 0 Å². The van der Waals surface area contributed by atoms with Gasteiger partial charge in [-0.2, -0.15) is 0 Å². The standard InChI is InChI=1S/C14H15ClN4OS/c15-14-18-17-13(21-14)12(20)16-10-4-6-11(7-5-10)19-8-2-1-3-9-19/h4-7H,1-3,8-9H2,(H,16,20). The summed E-state index contributed by atoms with van der Waals surface area (Å²) in [5.74, 6) is -0.287. The second-order valence-electron chi connectivity index (χ2n) is 4.91. The van der Waals surface area contributed by atoms with Gasteiger partial charge >= 0.3 is 0 Å². The zero-order chi connectivity index (χ0) is 14.7. The van der Waals surface area contributed by atoms with E-state index in [-0.39, 0.29) is 15.4 Å². The Bertz CT molecular complexity index is 622. The molecule has 1 N–H and O–H groups in total. The molecule has 0 spiro atoms. The minimum absolute atomic E-state index is 0.264. The van der Waals surface area contributed by atoms with Crippen LogP contribution in [-0.2, 0) is 0 Å². The van der Waals surface area contributed by atoms with Gasteiger partial charge in [-0.25, -0.2) is 0 Å². The molecule has 0 unspecified atom stereocenters. The zero-order valence-electron chi connectivity index (χ0n) is 11.4. The minimum atomic E-state index is -0.287. The summed E-state index contributed by atoms with van der Waals surface area (Å²) in [4.78, 5) is 14.3. The zero-order valence-corrected chi connectivity index (χ0v) is 13.0. The number of carbonyl (C=O) groups is 1. The van der Waals surface area contributed by atoms with Crippen molar-refractivity contribution in [3.63, 3.8) is 0 Å². The monoisotopic (exact) mass is 322 g/mol. The van der Waals surface area contributed by atoms with Gasteiger partial charge in [0.05, 0.1) is 0 Å². The highest BCUT2D eigenvalue weighted by Gasteiger charge is 2.13. The number of nitrogens with one attached hydrogen (secondary N) is 1. The lowest BCUT2D eigenvalue weighted by Crippen LogP contribution is -2.29. The average molecular weight is 323 g/mol.